The average molecular weight is 314 g/mol. The van der Waals surface area contributed by atoms with Crippen LogP contribution in [0, 0.1) is 0 Å². The fourth-order valence-electron chi connectivity index (χ4n) is 1.13. The highest BCUT2D eigenvalue weighted by molar-refractivity contribution is 9.10. The topological polar surface area (TPSA) is 52.5 Å². The first-order chi connectivity index (χ1) is 7.84. The molecule has 1 aromatic carbocycles. The number of hydrogen-bond donors (Lipinski definition) is 3. The van der Waals surface area contributed by atoms with Crippen molar-refractivity contribution in [1.82, 2.24) is 0 Å². The first kappa shape index (κ1) is 14.3. The molecule has 0 aliphatic rings. The summed E-state index contributed by atoms with van der Waals surface area (Å²) >= 11 is 3.10. The largest absolute Gasteiger partial charge is 0.416 e. The molecule has 1 atom stereocenters. The third-order valence-corrected chi connectivity index (χ3v) is 2.72. The molecule has 0 saturated heterocycles. The number of aliphatic hydroxyl groups excluding tert-OH is 2. The van der Waals surface area contributed by atoms with Crippen LogP contribution in [-0.4, -0.2) is 29.5 Å². The summed E-state index contributed by atoms with van der Waals surface area (Å²) in [5, 5.41) is 20.3. The summed E-state index contributed by atoms with van der Waals surface area (Å²) in [7, 11) is 0. The van der Waals surface area contributed by atoms with Crippen LogP contribution >= 0.6 is 15.9 Å². The van der Waals surface area contributed by atoms with Crippen molar-refractivity contribution in [3.8, 4) is 0 Å². The van der Waals surface area contributed by atoms with Crippen LogP contribution in [0.2, 0.25) is 0 Å². The summed E-state index contributed by atoms with van der Waals surface area (Å²) in [6, 6.07) is 3.17. The van der Waals surface area contributed by atoms with Gasteiger partial charge in [0.15, 0.2) is 0 Å². The van der Waals surface area contributed by atoms with Crippen LogP contribution in [0.3, 0.4) is 0 Å². The molecule has 1 rings (SSSR count). The second-order valence-electron chi connectivity index (χ2n) is 3.41. The van der Waals surface area contributed by atoms with E-state index in [0.717, 1.165) is 12.1 Å². The Morgan fingerprint density at radius 2 is 2.00 bits per heavy atom. The fourth-order valence-corrected chi connectivity index (χ4v) is 1.52. The molecule has 17 heavy (non-hydrogen) atoms. The van der Waals surface area contributed by atoms with Gasteiger partial charge in [-0.05, 0) is 34.1 Å². The predicted octanol–water partition coefficient (Wildman–Crippen LogP) is 2.23. The van der Waals surface area contributed by atoms with Crippen molar-refractivity contribution in [2.75, 3.05) is 18.5 Å². The molecule has 3 nitrogen and oxygen atoms in total. The number of nitrogens with one attached hydrogen (secondary N) is 1. The van der Waals surface area contributed by atoms with Crippen molar-refractivity contribution in [2.45, 2.75) is 12.3 Å². The maximum absolute atomic E-state index is 12.4. The van der Waals surface area contributed by atoms with Crippen LogP contribution in [0.25, 0.3) is 0 Å². The van der Waals surface area contributed by atoms with E-state index in [2.05, 4.69) is 21.2 Å². The van der Waals surface area contributed by atoms with E-state index in [1.165, 1.54) is 6.07 Å². The van der Waals surface area contributed by atoms with Gasteiger partial charge in [-0.15, -0.1) is 0 Å². The van der Waals surface area contributed by atoms with Gasteiger partial charge in [-0.2, -0.15) is 13.2 Å². The molecule has 7 heteroatoms. The standard InChI is InChI=1S/C10H11BrF3NO2/c11-8-2-1-6(10(12,13)14)3-9(8)15-4-7(17)5-16/h1-3,7,15-17H,4-5H2/t7-/m0/s1. The highest BCUT2D eigenvalue weighted by Crippen LogP contribution is 2.33. The highest BCUT2D eigenvalue weighted by Gasteiger charge is 2.30. The number of hydrogen-bond acceptors (Lipinski definition) is 3. The lowest BCUT2D eigenvalue weighted by atomic mass is 10.2. The summed E-state index contributed by atoms with van der Waals surface area (Å²) in [4.78, 5) is 0. The van der Waals surface area contributed by atoms with Gasteiger partial charge in [0.25, 0.3) is 0 Å². The minimum atomic E-state index is -4.41. The van der Waals surface area contributed by atoms with Gasteiger partial charge in [-0.1, -0.05) is 0 Å². The molecule has 0 aromatic heterocycles. The maximum Gasteiger partial charge on any atom is 0.416 e. The molecule has 3 N–H and O–H groups in total. The average Bonchev–Trinajstić information content (AvgIpc) is 2.26. The molecule has 0 unspecified atom stereocenters. The lowest BCUT2D eigenvalue weighted by Crippen LogP contribution is -2.23. The Bertz CT molecular complexity index is 384. The molecular weight excluding hydrogens is 303 g/mol. The molecule has 0 bridgehead atoms. The second-order valence-corrected chi connectivity index (χ2v) is 4.26. The van der Waals surface area contributed by atoms with E-state index in [0.29, 0.717) is 4.47 Å². The van der Waals surface area contributed by atoms with Crippen molar-refractivity contribution in [2.24, 2.45) is 0 Å². The molecule has 0 aliphatic carbocycles. The number of halogens is 4. The van der Waals surface area contributed by atoms with Crippen molar-refractivity contribution in [1.29, 1.82) is 0 Å². The van der Waals surface area contributed by atoms with Gasteiger partial charge in [-0.25, -0.2) is 0 Å². The number of benzene rings is 1. The second kappa shape index (κ2) is 5.70. The van der Waals surface area contributed by atoms with Gasteiger partial charge in [0.1, 0.15) is 0 Å². The zero-order valence-corrected chi connectivity index (χ0v) is 10.2. The van der Waals surface area contributed by atoms with E-state index in [9.17, 15) is 13.2 Å². The van der Waals surface area contributed by atoms with Gasteiger partial charge in [0.05, 0.1) is 18.3 Å². The SMILES string of the molecule is OC[C@@H](O)CNc1cc(C(F)(F)F)ccc1Br. The van der Waals surface area contributed by atoms with Crippen LogP contribution in [0.4, 0.5) is 18.9 Å². The van der Waals surface area contributed by atoms with Crippen LogP contribution < -0.4 is 5.32 Å². The smallest absolute Gasteiger partial charge is 0.394 e. The van der Waals surface area contributed by atoms with Crippen molar-refractivity contribution in [3.63, 3.8) is 0 Å². The third-order valence-electron chi connectivity index (χ3n) is 2.03. The van der Waals surface area contributed by atoms with Gasteiger partial charge in [-0.3, -0.25) is 0 Å². The first-order valence-electron chi connectivity index (χ1n) is 4.74. The minimum absolute atomic E-state index is 0.0313. The molecule has 0 spiro atoms. The number of rotatable bonds is 4. The molecule has 0 heterocycles. The fraction of sp³-hybridized carbons (Fsp3) is 0.400. The number of alkyl halides is 3. The normalized spacial score (nSPS) is 13.5. The van der Waals surface area contributed by atoms with E-state index in [-0.39, 0.29) is 12.2 Å². The zero-order chi connectivity index (χ0) is 13.1. The number of anilines is 1. The summed E-state index contributed by atoms with van der Waals surface area (Å²) in [5.41, 5.74) is -0.561. The van der Waals surface area contributed by atoms with E-state index in [4.69, 9.17) is 10.2 Å². The summed E-state index contributed by atoms with van der Waals surface area (Å²) in [5.74, 6) is 0. The Hall–Kier alpha value is -0.790. The van der Waals surface area contributed by atoms with Crippen molar-refractivity contribution >= 4 is 21.6 Å². The van der Waals surface area contributed by atoms with Crippen LogP contribution in [-0.2, 0) is 6.18 Å². The molecule has 1 aromatic rings. The lowest BCUT2D eigenvalue weighted by molar-refractivity contribution is -0.137. The van der Waals surface area contributed by atoms with E-state index >= 15 is 0 Å². The third kappa shape index (κ3) is 4.18. The van der Waals surface area contributed by atoms with Gasteiger partial charge < -0.3 is 15.5 Å². The zero-order valence-electron chi connectivity index (χ0n) is 8.63. The van der Waals surface area contributed by atoms with Crippen molar-refractivity contribution in [3.05, 3.63) is 28.2 Å². The molecule has 0 fully saturated rings. The van der Waals surface area contributed by atoms with Crippen LogP contribution in [0.5, 0.6) is 0 Å². The minimum Gasteiger partial charge on any atom is -0.394 e. The lowest BCUT2D eigenvalue weighted by Gasteiger charge is -2.14. The Morgan fingerprint density at radius 1 is 1.35 bits per heavy atom. The molecule has 0 radical (unpaired) electrons. The number of aliphatic hydroxyl groups is 2. The molecule has 0 amide bonds. The van der Waals surface area contributed by atoms with Crippen LogP contribution in [0.15, 0.2) is 22.7 Å². The quantitative estimate of drug-likeness (QED) is 0.799. The van der Waals surface area contributed by atoms with Crippen molar-refractivity contribution < 1.29 is 23.4 Å². The van der Waals surface area contributed by atoms with E-state index in [1.54, 1.807) is 0 Å². The van der Waals surface area contributed by atoms with Gasteiger partial charge in [0, 0.05) is 16.7 Å². The van der Waals surface area contributed by atoms with E-state index in [1.807, 2.05) is 0 Å². The predicted molar refractivity (Wildman–Crippen MR) is 60.7 cm³/mol. The Morgan fingerprint density at radius 3 is 2.53 bits per heavy atom. The summed E-state index contributed by atoms with van der Waals surface area (Å²) in [6.45, 7) is -0.486. The van der Waals surface area contributed by atoms with Gasteiger partial charge in [0.2, 0.25) is 0 Å². The summed E-state index contributed by atoms with van der Waals surface area (Å²) in [6.07, 6.45) is -5.43. The Balaban J connectivity index is 2.84. The first-order valence-corrected chi connectivity index (χ1v) is 5.53. The van der Waals surface area contributed by atoms with E-state index < -0.39 is 24.5 Å². The summed E-state index contributed by atoms with van der Waals surface area (Å²) < 4.78 is 37.8. The Labute approximate surface area is 104 Å². The van der Waals surface area contributed by atoms with Gasteiger partial charge >= 0.3 is 6.18 Å². The highest BCUT2D eigenvalue weighted by atomic mass is 79.9. The molecular formula is C10H11BrF3NO2. The molecule has 0 aliphatic heterocycles. The molecule has 96 valence electrons. The monoisotopic (exact) mass is 313 g/mol. The van der Waals surface area contributed by atoms with Crippen LogP contribution in [0.1, 0.15) is 5.56 Å². The maximum atomic E-state index is 12.4. The Kier molecular flexibility index (Phi) is 4.79. The molecule has 0 saturated carbocycles.